The van der Waals surface area contributed by atoms with Gasteiger partial charge in [-0.3, -0.25) is 14.4 Å². The molecule has 214 valence electrons. The maximum absolute atomic E-state index is 12.6. The molecule has 0 fully saturated rings. The molecule has 1 N–H and O–H groups in total. The van der Waals surface area contributed by atoms with E-state index in [1.165, 1.54) is 37.4 Å². The Morgan fingerprint density at radius 3 is 1.61 bits per heavy atom. The van der Waals surface area contributed by atoms with E-state index in [-0.39, 0.29) is 34.1 Å². The third-order valence-electron chi connectivity index (χ3n) is 6.64. The minimum absolute atomic E-state index is 0.0662. The minimum Gasteiger partial charge on any atom is -0.478 e. The zero-order chi connectivity index (χ0) is 30.3. The van der Waals surface area contributed by atoms with Crippen molar-refractivity contribution in [1.29, 1.82) is 0 Å². The summed E-state index contributed by atoms with van der Waals surface area (Å²) in [5.41, 5.74) is -1.60. The molecule has 0 aromatic heterocycles. The Morgan fingerprint density at radius 1 is 0.756 bits per heavy atom. The predicted octanol–water partition coefficient (Wildman–Crippen LogP) is 6.14. The van der Waals surface area contributed by atoms with E-state index in [0.29, 0.717) is 23.0 Å². The summed E-state index contributed by atoms with van der Waals surface area (Å²) in [5.74, 6) is -1.11. The summed E-state index contributed by atoms with van der Waals surface area (Å²) in [7, 11) is 1.46. The van der Waals surface area contributed by atoms with Gasteiger partial charge in [0.15, 0.2) is 5.60 Å². The van der Waals surface area contributed by atoms with Crippen LogP contribution in [0.5, 0.6) is 23.0 Å². The highest BCUT2D eigenvalue weighted by atomic mass is 16.5. The Hall–Kier alpha value is -4.50. The summed E-state index contributed by atoms with van der Waals surface area (Å²) < 4.78 is 23.7. The number of ether oxygens (including phenoxy) is 4. The van der Waals surface area contributed by atoms with E-state index in [1.807, 2.05) is 0 Å². The topological polar surface area (TPSA) is 125 Å². The number of aldehydes is 1. The van der Waals surface area contributed by atoms with Gasteiger partial charge in [0.25, 0.3) is 0 Å². The monoisotopic (exact) mass is 560 g/mol. The van der Waals surface area contributed by atoms with Crippen molar-refractivity contribution in [3.05, 3.63) is 82.4 Å². The largest absolute Gasteiger partial charge is 0.478 e. The quantitative estimate of drug-likeness (QED) is 0.215. The lowest BCUT2D eigenvalue weighted by Crippen LogP contribution is -2.36. The van der Waals surface area contributed by atoms with Gasteiger partial charge in [-0.15, -0.1) is 0 Å². The lowest BCUT2D eigenvalue weighted by Gasteiger charge is -2.40. The zero-order valence-electron chi connectivity index (χ0n) is 24.0. The Balaban J connectivity index is 1.96. The van der Waals surface area contributed by atoms with Crippen LogP contribution in [0.25, 0.3) is 0 Å². The van der Waals surface area contributed by atoms with Crippen LogP contribution in [0.3, 0.4) is 0 Å². The number of hydrogen-bond donors (Lipinski definition) is 1. The molecule has 9 nitrogen and oxygen atoms in total. The van der Waals surface area contributed by atoms with Gasteiger partial charge in [0.1, 0.15) is 29.3 Å². The number of carbonyl (C=O) groups excluding carboxylic acids is 3. The first kappa shape index (κ1) is 29.5. The maximum Gasteiger partial charge on any atom is 0.335 e. The fourth-order valence-electron chi connectivity index (χ4n) is 4.40. The minimum atomic E-state index is -1.45. The Morgan fingerprint density at radius 2 is 1.22 bits per heavy atom. The summed E-state index contributed by atoms with van der Waals surface area (Å²) >= 11 is 0. The number of fused-ring (bicyclic) bond motifs is 2. The summed E-state index contributed by atoms with van der Waals surface area (Å²) in [5, 5.41) is 9.51. The molecule has 3 aromatic rings. The average Bonchev–Trinajstić information content (AvgIpc) is 2.90. The van der Waals surface area contributed by atoms with Crippen LogP contribution in [0.2, 0.25) is 0 Å². The zero-order valence-corrected chi connectivity index (χ0v) is 24.0. The second-order valence-corrected chi connectivity index (χ2v) is 11.8. The number of aromatic carboxylic acids is 1. The molecule has 0 spiro atoms. The van der Waals surface area contributed by atoms with E-state index < -0.39 is 34.3 Å². The van der Waals surface area contributed by atoms with Crippen LogP contribution in [0.15, 0.2) is 54.6 Å². The van der Waals surface area contributed by atoms with Crippen LogP contribution in [-0.4, -0.2) is 36.4 Å². The van der Waals surface area contributed by atoms with Gasteiger partial charge in [-0.1, -0.05) is 6.07 Å². The molecule has 0 radical (unpaired) electrons. The molecular weight excluding hydrogens is 528 g/mol. The van der Waals surface area contributed by atoms with Crippen molar-refractivity contribution >= 4 is 24.2 Å². The lowest BCUT2D eigenvalue weighted by atomic mass is 9.75. The summed E-state index contributed by atoms with van der Waals surface area (Å²) in [4.78, 5) is 49.1. The van der Waals surface area contributed by atoms with Crippen molar-refractivity contribution in [2.75, 3.05) is 7.11 Å². The van der Waals surface area contributed by atoms with Gasteiger partial charge >= 0.3 is 17.9 Å². The Bertz CT molecular complexity index is 1480. The second-order valence-electron chi connectivity index (χ2n) is 11.8. The highest BCUT2D eigenvalue weighted by Crippen LogP contribution is 2.54. The molecule has 1 aliphatic heterocycles. The summed E-state index contributed by atoms with van der Waals surface area (Å²) in [6.07, 6.45) is 0.566. The number of rotatable bonds is 6. The highest BCUT2D eigenvalue weighted by molar-refractivity contribution is 5.91. The summed E-state index contributed by atoms with van der Waals surface area (Å²) in [6, 6.07) is 13.8. The third kappa shape index (κ3) is 5.45. The fourth-order valence-corrected chi connectivity index (χ4v) is 4.40. The number of methoxy groups -OCH3 is 1. The maximum atomic E-state index is 12.6. The number of benzene rings is 3. The Kier molecular flexibility index (Phi) is 7.54. The van der Waals surface area contributed by atoms with Crippen LogP contribution in [0.1, 0.15) is 78.9 Å². The summed E-state index contributed by atoms with van der Waals surface area (Å²) in [6.45, 7) is 10.4. The van der Waals surface area contributed by atoms with E-state index in [4.69, 9.17) is 18.9 Å². The van der Waals surface area contributed by atoms with Gasteiger partial charge in [-0.2, -0.15) is 0 Å². The number of carboxylic acids is 1. The van der Waals surface area contributed by atoms with Gasteiger partial charge in [0.05, 0.1) is 16.4 Å². The lowest BCUT2D eigenvalue weighted by molar-refractivity contribution is -0.143. The van der Waals surface area contributed by atoms with Crippen molar-refractivity contribution in [2.24, 2.45) is 10.8 Å². The van der Waals surface area contributed by atoms with Crippen molar-refractivity contribution in [3.8, 4) is 23.0 Å². The van der Waals surface area contributed by atoms with Gasteiger partial charge in [0.2, 0.25) is 0 Å². The van der Waals surface area contributed by atoms with Crippen molar-refractivity contribution in [1.82, 2.24) is 0 Å². The van der Waals surface area contributed by atoms with Gasteiger partial charge in [-0.25, -0.2) is 4.79 Å². The molecule has 1 heterocycles. The van der Waals surface area contributed by atoms with Crippen molar-refractivity contribution in [2.45, 2.75) is 47.1 Å². The molecule has 0 amide bonds. The van der Waals surface area contributed by atoms with E-state index in [2.05, 4.69) is 0 Å². The van der Waals surface area contributed by atoms with Gasteiger partial charge in [-0.05, 0) is 77.9 Å². The van der Waals surface area contributed by atoms with Crippen molar-refractivity contribution in [3.63, 3.8) is 0 Å². The number of hydrogen-bond acceptors (Lipinski definition) is 8. The smallest absolute Gasteiger partial charge is 0.335 e. The van der Waals surface area contributed by atoms with Gasteiger partial charge < -0.3 is 24.1 Å². The SMILES string of the molecule is COC1(c2ccc(C(=O)O)cc2C=O)c2ccc(OC(=O)C(C)(C)C)cc2Oc2cc(OC(=O)C(C)(C)C)ccc21. The fraction of sp³-hybridized carbons (Fsp3) is 0.312. The molecule has 0 bridgehead atoms. The van der Waals surface area contributed by atoms with E-state index in [1.54, 1.807) is 65.8 Å². The first-order chi connectivity index (χ1) is 19.1. The standard InChI is InChI=1S/C32H32O9/c1-30(2,3)28(36)39-20-9-12-23-25(15-20)41-26-16-21(40-29(37)31(4,5)6)10-13-24(26)32(23,38-7)22-11-8-18(27(34)35)14-19(22)17-33/h8-17H,1-7H3,(H,34,35). The molecule has 4 rings (SSSR count). The molecule has 0 saturated heterocycles. The number of carbonyl (C=O) groups is 4. The third-order valence-corrected chi connectivity index (χ3v) is 6.64. The molecule has 0 unspecified atom stereocenters. The van der Waals surface area contributed by atoms with E-state index in [9.17, 15) is 24.3 Å². The van der Waals surface area contributed by atoms with Crippen molar-refractivity contribution < 1.29 is 43.2 Å². The van der Waals surface area contributed by atoms with E-state index >= 15 is 0 Å². The second kappa shape index (κ2) is 10.5. The van der Waals surface area contributed by atoms with Crippen LogP contribution in [0.4, 0.5) is 0 Å². The normalized spacial score (nSPS) is 13.7. The van der Waals surface area contributed by atoms with E-state index in [0.717, 1.165) is 0 Å². The molecule has 0 saturated carbocycles. The first-order valence-corrected chi connectivity index (χ1v) is 12.9. The highest BCUT2D eigenvalue weighted by Gasteiger charge is 2.46. The molecular formula is C32H32O9. The van der Waals surface area contributed by atoms with Crippen LogP contribution < -0.4 is 14.2 Å². The van der Waals surface area contributed by atoms with Gasteiger partial charge in [0, 0.05) is 41.5 Å². The number of carboxylic acid groups (broad SMARTS) is 1. The van der Waals surface area contributed by atoms with Crippen LogP contribution >= 0.6 is 0 Å². The van der Waals surface area contributed by atoms with Crippen LogP contribution in [0, 0.1) is 10.8 Å². The average molecular weight is 561 g/mol. The molecule has 1 aliphatic rings. The number of esters is 2. The molecule has 0 atom stereocenters. The molecule has 41 heavy (non-hydrogen) atoms. The Labute approximate surface area is 238 Å². The predicted molar refractivity (Wildman–Crippen MR) is 149 cm³/mol. The van der Waals surface area contributed by atoms with Crippen LogP contribution in [-0.2, 0) is 19.9 Å². The molecule has 3 aromatic carbocycles. The molecule has 9 heteroatoms. The molecule has 0 aliphatic carbocycles. The first-order valence-electron chi connectivity index (χ1n) is 12.9.